The quantitative estimate of drug-likeness (QED) is 0.784. The van der Waals surface area contributed by atoms with Crippen LogP contribution in [0, 0.1) is 0 Å². The summed E-state index contributed by atoms with van der Waals surface area (Å²) < 4.78 is 0. The second kappa shape index (κ2) is 7.73. The Morgan fingerprint density at radius 2 is 2.05 bits per heavy atom. The van der Waals surface area contributed by atoms with Gasteiger partial charge in [0.15, 0.2) is 0 Å². The molecule has 0 aliphatic carbocycles. The highest BCUT2D eigenvalue weighted by Crippen LogP contribution is 2.15. The van der Waals surface area contributed by atoms with Crippen LogP contribution in [0.4, 0.5) is 5.82 Å². The smallest absolute Gasteiger partial charge is 0.128 e. The van der Waals surface area contributed by atoms with Crippen LogP contribution in [-0.4, -0.2) is 66.9 Å². The molecule has 2 heterocycles. The minimum atomic E-state index is -0.143. The van der Waals surface area contributed by atoms with E-state index >= 15 is 0 Å². The monoisotopic (exact) mass is 292 g/mol. The highest BCUT2D eigenvalue weighted by atomic mass is 16.3. The fourth-order valence-corrected chi connectivity index (χ4v) is 2.72. The number of nitrogens with one attached hydrogen (secondary N) is 1. The van der Waals surface area contributed by atoms with Crippen molar-refractivity contribution < 1.29 is 5.11 Å². The molecule has 0 aromatic carbocycles. The molecule has 0 radical (unpaired) electrons. The fraction of sp³-hybridized carbons (Fsp3) is 0.688. The molecule has 5 heteroatoms. The third-order valence-corrected chi connectivity index (χ3v) is 4.50. The molecule has 1 aromatic rings. The van der Waals surface area contributed by atoms with Crippen LogP contribution in [0.5, 0.6) is 0 Å². The normalized spacial score (nSPS) is 19.5. The average Bonchev–Trinajstić information content (AvgIpc) is 2.56. The Balaban J connectivity index is 1.70. The van der Waals surface area contributed by atoms with Gasteiger partial charge in [0.2, 0.25) is 0 Å². The molecule has 21 heavy (non-hydrogen) atoms. The minimum absolute atomic E-state index is 0.143. The first-order valence-corrected chi connectivity index (χ1v) is 7.85. The molecule has 1 aromatic heterocycles. The molecular formula is C16H28N4O. The molecule has 0 bridgehead atoms. The third-order valence-electron chi connectivity index (χ3n) is 4.50. The number of rotatable bonds is 7. The molecule has 118 valence electrons. The number of hydrogen-bond acceptors (Lipinski definition) is 5. The Kier molecular flexibility index (Phi) is 5.96. The number of nitrogens with zero attached hydrogens (tertiary/aromatic N) is 3. The Labute approximate surface area is 128 Å². The molecule has 1 fully saturated rings. The molecule has 2 rings (SSSR count). The van der Waals surface area contributed by atoms with E-state index in [9.17, 15) is 5.11 Å². The van der Waals surface area contributed by atoms with Crippen molar-refractivity contribution in [3.05, 3.63) is 24.4 Å². The average molecular weight is 292 g/mol. The summed E-state index contributed by atoms with van der Waals surface area (Å²) in [7, 11) is 1.92. The Morgan fingerprint density at radius 1 is 1.29 bits per heavy atom. The summed E-state index contributed by atoms with van der Waals surface area (Å²) in [5, 5.41) is 12.6. The molecule has 1 unspecified atom stereocenters. The molecule has 0 saturated carbocycles. The number of piperazine rings is 1. The first kappa shape index (κ1) is 16.2. The molecular weight excluding hydrogens is 264 g/mol. The number of aliphatic hydroxyl groups is 1. The van der Waals surface area contributed by atoms with Gasteiger partial charge in [-0.2, -0.15) is 0 Å². The maximum atomic E-state index is 9.39. The lowest BCUT2D eigenvalue weighted by molar-refractivity contribution is 0.162. The van der Waals surface area contributed by atoms with E-state index < -0.39 is 0 Å². The third kappa shape index (κ3) is 4.66. The SMILES string of the molecule is CNC(C)(CO)CCCN1CCN(c2ccccn2)CC1. The van der Waals surface area contributed by atoms with Crippen LogP contribution in [-0.2, 0) is 0 Å². The molecule has 5 nitrogen and oxygen atoms in total. The number of aliphatic hydroxyl groups excluding tert-OH is 1. The minimum Gasteiger partial charge on any atom is -0.394 e. The van der Waals surface area contributed by atoms with Gasteiger partial charge in [-0.1, -0.05) is 6.07 Å². The van der Waals surface area contributed by atoms with E-state index in [1.54, 1.807) is 0 Å². The Hall–Kier alpha value is -1.17. The zero-order chi connectivity index (χ0) is 15.1. The topological polar surface area (TPSA) is 51.6 Å². The van der Waals surface area contributed by atoms with E-state index in [0.29, 0.717) is 0 Å². The van der Waals surface area contributed by atoms with Gasteiger partial charge >= 0.3 is 0 Å². The van der Waals surface area contributed by atoms with Crippen molar-refractivity contribution in [1.82, 2.24) is 15.2 Å². The molecule has 1 aliphatic heterocycles. The van der Waals surface area contributed by atoms with E-state index in [1.807, 2.05) is 25.4 Å². The van der Waals surface area contributed by atoms with Gasteiger partial charge in [-0.25, -0.2) is 4.98 Å². The first-order valence-electron chi connectivity index (χ1n) is 7.85. The summed E-state index contributed by atoms with van der Waals surface area (Å²) in [5.41, 5.74) is -0.143. The van der Waals surface area contributed by atoms with Gasteiger partial charge < -0.3 is 15.3 Å². The van der Waals surface area contributed by atoms with Gasteiger partial charge in [-0.3, -0.25) is 4.90 Å². The van der Waals surface area contributed by atoms with Crippen molar-refractivity contribution in [2.45, 2.75) is 25.3 Å². The van der Waals surface area contributed by atoms with Crippen molar-refractivity contribution in [3.8, 4) is 0 Å². The van der Waals surface area contributed by atoms with Crippen molar-refractivity contribution in [3.63, 3.8) is 0 Å². The van der Waals surface area contributed by atoms with Gasteiger partial charge in [-0.05, 0) is 45.5 Å². The van der Waals surface area contributed by atoms with Gasteiger partial charge in [0.1, 0.15) is 5.82 Å². The van der Waals surface area contributed by atoms with E-state index in [1.165, 1.54) is 0 Å². The lowest BCUT2D eigenvalue weighted by atomic mass is 9.97. The molecule has 0 spiro atoms. The second-order valence-electron chi connectivity index (χ2n) is 6.09. The highest BCUT2D eigenvalue weighted by molar-refractivity contribution is 5.38. The van der Waals surface area contributed by atoms with Crippen molar-refractivity contribution in [1.29, 1.82) is 0 Å². The molecule has 1 saturated heterocycles. The van der Waals surface area contributed by atoms with Crippen LogP contribution in [0.3, 0.4) is 0 Å². The van der Waals surface area contributed by atoms with E-state index in [2.05, 4.69) is 33.1 Å². The molecule has 1 aliphatic rings. The maximum absolute atomic E-state index is 9.39. The van der Waals surface area contributed by atoms with Crippen LogP contribution in [0.15, 0.2) is 24.4 Å². The van der Waals surface area contributed by atoms with Gasteiger partial charge in [-0.15, -0.1) is 0 Å². The van der Waals surface area contributed by atoms with E-state index in [0.717, 1.165) is 51.4 Å². The predicted octanol–water partition coefficient (Wildman–Crippen LogP) is 0.954. The standard InChI is InChI=1S/C16H28N4O/c1-16(14-21,17-2)7-5-9-19-10-12-20(13-11-19)15-6-3-4-8-18-15/h3-4,6,8,17,21H,5,7,9-14H2,1-2H3. The van der Waals surface area contributed by atoms with Crippen molar-refractivity contribution in [2.24, 2.45) is 0 Å². The van der Waals surface area contributed by atoms with Gasteiger partial charge in [0.25, 0.3) is 0 Å². The number of aromatic nitrogens is 1. The number of pyridine rings is 1. The summed E-state index contributed by atoms with van der Waals surface area (Å²) >= 11 is 0. The van der Waals surface area contributed by atoms with Crippen LogP contribution in [0.1, 0.15) is 19.8 Å². The number of hydrogen-bond donors (Lipinski definition) is 2. The molecule has 0 amide bonds. The second-order valence-corrected chi connectivity index (χ2v) is 6.09. The van der Waals surface area contributed by atoms with Crippen LogP contribution < -0.4 is 10.2 Å². The summed E-state index contributed by atoms with van der Waals surface area (Å²) in [6.07, 6.45) is 3.97. The summed E-state index contributed by atoms with van der Waals surface area (Å²) in [4.78, 5) is 9.27. The Morgan fingerprint density at radius 3 is 2.62 bits per heavy atom. The highest BCUT2D eigenvalue weighted by Gasteiger charge is 2.22. The lowest BCUT2D eigenvalue weighted by Gasteiger charge is -2.36. The number of anilines is 1. The van der Waals surface area contributed by atoms with Crippen molar-refractivity contribution in [2.75, 3.05) is 51.3 Å². The zero-order valence-electron chi connectivity index (χ0n) is 13.3. The summed E-state index contributed by atoms with van der Waals surface area (Å²) in [6, 6.07) is 6.08. The zero-order valence-corrected chi connectivity index (χ0v) is 13.3. The predicted molar refractivity (Wildman–Crippen MR) is 86.7 cm³/mol. The molecule has 1 atom stereocenters. The Bertz CT molecular complexity index is 400. The van der Waals surface area contributed by atoms with E-state index in [-0.39, 0.29) is 12.1 Å². The largest absolute Gasteiger partial charge is 0.394 e. The van der Waals surface area contributed by atoms with Crippen LogP contribution in [0.25, 0.3) is 0 Å². The maximum Gasteiger partial charge on any atom is 0.128 e. The summed E-state index contributed by atoms with van der Waals surface area (Å²) in [5.74, 6) is 1.08. The lowest BCUT2D eigenvalue weighted by Crippen LogP contribution is -2.48. The summed E-state index contributed by atoms with van der Waals surface area (Å²) in [6.45, 7) is 7.63. The van der Waals surface area contributed by atoms with Crippen molar-refractivity contribution >= 4 is 5.82 Å². The van der Waals surface area contributed by atoms with Crippen LogP contribution >= 0.6 is 0 Å². The van der Waals surface area contributed by atoms with Crippen LogP contribution in [0.2, 0.25) is 0 Å². The molecule has 2 N–H and O–H groups in total. The van der Waals surface area contributed by atoms with E-state index in [4.69, 9.17) is 0 Å². The first-order chi connectivity index (χ1) is 10.2. The number of likely N-dealkylation sites (N-methyl/N-ethyl adjacent to an activating group) is 1. The fourth-order valence-electron chi connectivity index (χ4n) is 2.72. The van der Waals surface area contributed by atoms with Gasteiger partial charge in [0.05, 0.1) is 6.61 Å². The van der Waals surface area contributed by atoms with Gasteiger partial charge in [0, 0.05) is 37.9 Å².